The Balaban J connectivity index is 2.09. The first kappa shape index (κ1) is 19.9. The molecule has 0 saturated carbocycles. The summed E-state index contributed by atoms with van der Waals surface area (Å²) in [5, 5.41) is 2.77. The molecule has 0 aromatic heterocycles. The summed E-state index contributed by atoms with van der Waals surface area (Å²) >= 11 is 0. The zero-order valence-electron chi connectivity index (χ0n) is 15.4. The third-order valence-corrected chi connectivity index (χ3v) is 3.59. The Morgan fingerprint density at radius 1 is 1.00 bits per heavy atom. The Morgan fingerprint density at radius 2 is 1.67 bits per heavy atom. The van der Waals surface area contributed by atoms with Crippen molar-refractivity contribution in [3.05, 3.63) is 42.0 Å². The molecule has 0 saturated heterocycles. The van der Waals surface area contributed by atoms with Gasteiger partial charge in [-0.15, -0.1) is 0 Å². The molecule has 0 spiro atoms. The second kappa shape index (κ2) is 9.33. The highest BCUT2D eigenvalue weighted by molar-refractivity contribution is 5.92. The number of nitrogens with two attached hydrogens (primary N) is 1. The van der Waals surface area contributed by atoms with Gasteiger partial charge in [-0.05, 0) is 29.8 Å². The van der Waals surface area contributed by atoms with Crippen LogP contribution >= 0.6 is 0 Å². The number of anilines is 1. The summed E-state index contributed by atoms with van der Waals surface area (Å²) in [6.45, 7) is -0.233. The molecule has 2 aromatic carbocycles. The fraction of sp³-hybridized carbons (Fsp3) is 0.263. The zero-order chi connectivity index (χ0) is 19.8. The second-order valence-electron chi connectivity index (χ2n) is 5.54. The molecular formula is C19H22N2O6. The molecule has 27 heavy (non-hydrogen) atoms. The number of hydrogen-bond acceptors (Lipinski definition) is 6. The molecule has 0 bridgehead atoms. The van der Waals surface area contributed by atoms with E-state index in [1.165, 1.54) is 21.3 Å². The van der Waals surface area contributed by atoms with Gasteiger partial charge in [-0.1, -0.05) is 6.07 Å². The quantitative estimate of drug-likeness (QED) is 0.692. The van der Waals surface area contributed by atoms with E-state index >= 15 is 0 Å². The van der Waals surface area contributed by atoms with Crippen molar-refractivity contribution in [1.29, 1.82) is 0 Å². The van der Waals surface area contributed by atoms with Crippen molar-refractivity contribution in [3.8, 4) is 23.0 Å². The molecule has 144 valence electrons. The Bertz CT molecular complexity index is 797. The number of nitrogens with one attached hydrogen (secondary N) is 1. The van der Waals surface area contributed by atoms with Gasteiger partial charge < -0.3 is 30.0 Å². The van der Waals surface area contributed by atoms with Crippen molar-refractivity contribution in [1.82, 2.24) is 0 Å². The van der Waals surface area contributed by atoms with Crippen LogP contribution in [0.25, 0.3) is 0 Å². The van der Waals surface area contributed by atoms with Crippen molar-refractivity contribution in [2.45, 2.75) is 6.42 Å². The molecule has 0 unspecified atom stereocenters. The summed E-state index contributed by atoms with van der Waals surface area (Å²) in [6, 6.07) is 10.1. The standard InChI is InChI=1S/C19H22N2O6/c1-24-15-7-12(8-16(25-2)19(15)26-3)9-18(23)21-13-5-4-6-14(10-13)27-11-17(20)22/h4-8,10H,9,11H2,1-3H3,(H2,20,22)(H,21,23). The lowest BCUT2D eigenvalue weighted by molar-refractivity contribution is -0.120. The Kier molecular flexibility index (Phi) is 6.87. The normalized spacial score (nSPS) is 10.0. The molecule has 0 fully saturated rings. The van der Waals surface area contributed by atoms with Gasteiger partial charge in [-0.25, -0.2) is 0 Å². The summed E-state index contributed by atoms with van der Waals surface area (Å²) in [7, 11) is 4.54. The number of carbonyl (C=O) groups is 2. The van der Waals surface area contributed by atoms with E-state index in [0.29, 0.717) is 34.2 Å². The van der Waals surface area contributed by atoms with Gasteiger partial charge in [0.2, 0.25) is 11.7 Å². The molecule has 0 aliphatic rings. The summed E-state index contributed by atoms with van der Waals surface area (Å²) in [4.78, 5) is 23.2. The Labute approximate surface area is 157 Å². The number of rotatable bonds is 9. The highest BCUT2D eigenvalue weighted by Crippen LogP contribution is 2.38. The number of carbonyl (C=O) groups excluding carboxylic acids is 2. The highest BCUT2D eigenvalue weighted by atomic mass is 16.5. The molecule has 2 rings (SSSR count). The SMILES string of the molecule is COc1cc(CC(=O)Nc2cccc(OCC(N)=O)c2)cc(OC)c1OC. The second-order valence-corrected chi connectivity index (χ2v) is 5.54. The molecule has 0 atom stereocenters. The molecule has 0 heterocycles. The molecule has 0 aliphatic carbocycles. The number of ether oxygens (including phenoxy) is 4. The number of hydrogen-bond donors (Lipinski definition) is 2. The molecule has 8 heteroatoms. The predicted molar refractivity (Wildman–Crippen MR) is 99.6 cm³/mol. The van der Waals surface area contributed by atoms with Crippen molar-refractivity contribution >= 4 is 17.5 Å². The van der Waals surface area contributed by atoms with Crippen LogP contribution in [0.1, 0.15) is 5.56 Å². The van der Waals surface area contributed by atoms with Crippen LogP contribution in [0.15, 0.2) is 36.4 Å². The molecule has 8 nitrogen and oxygen atoms in total. The predicted octanol–water partition coefficient (Wildman–Crippen LogP) is 1.76. The lowest BCUT2D eigenvalue weighted by atomic mass is 10.1. The average Bonchev–Trinajstić information content (AvgIpc) is 2.65. The van der Waals surface area contributed by atoms with Crippen LogP contribution in [-0.4, -0.2) is 39.8 Å². The largest absolute Gasteiger partial charge is 0.493 e. The molecule has 2 amide bonds. The number of amides is 2. The summed E-state index contributed by atoms with van der Waals surface area (Å²) in [5.74, 6) is 1.02. The van der Waals surface area contributed by atoms with Crippen LogP contribution in [0.3, 0.4) is 0 Å². The Hall–Kier alpha value is -3.42. The minimum absolute atomic E-state index is 0.100. The van der Waals surface area contributed by atoms with Crippen LogP contribution in [0.4, 0.5) is 5.69 Å². The van der Waals surface area contributed by atoms with Crippen LogP contribution in [0.5, 0.6) is 23.0 Å². The van der Waals surface area contributed by atoms with Gasteiger partial charge in [0.05, 0.1) is 27.8 Å². The van der Waals surface area contributed by atoms with Crippen LogP contribution in [0, 0.1) is 0 Å². The monoisotopic (exact) mass is 374 g/mol. The fourth-order valence-corrected chi connectivity index (χ4v) is 2.45. The van der Waals surface area contributed by atoms with Gasteiger partial charge in [0, 0.05) is 11.8 Å². The highest BCUT2D eigenvalue weighted by Gasteiger charge is 2.15. The van der Waals surface area contributed by atoms with E-state index in [0.717, 1.165) is 0 Å². The summed E-state index contributed by atoms with van der Waals surface area (Å²) in [5.41, 5.74) is 6.28. The molecular weight excluding hydrogens is 352 g/mol. The van der Waals surface area contributed by atoms with Crippen LogP contribution in [0.2, 0.25) is 0 Å². The van der Waals surface area contributed by atoms with E-state index in [9.17, 15) is 9.59 Å². The van der Waals surface area contributed by atoms with E-state index in [4.69, 9.17) is 24.7 Å². The minimum Gasteiger partial charge on any atom is -0.493 e. The minimum atomic E-state index is -0.577. The van der Waals surface area contributed by atoms with E-state index in [1.807, 2.05) is 0 Å². The van der Waals surface area contributed by atoms with E-state index in [2.05, 4.69) is 5.32 Å². The van der Waals surface area contributed by atoms with E-state index in [1.54, 1.807) is 36.4 Å². The van der Waals surface area contributed by atoms with Gasteiger partial charge in [-0.3, -0.25) is 9.59 Å². The van der Waals surface area contributed by atoms with Crippen LogP contribution < -0.4 is 30.0 Å². The third kappa shape index (κ3) is 5.53. The Morgan fingerprint density at radius 3 is 2.22 bits per heavy atom. The first-order chi connectivity index (χ1) is 13.0. The van der Waals surface area contributed by atoms with Gasteiger partial charge >= 0.3 is 0 Å². The van der Waals surface area contributed by atoms with Crippen molar-refractivity contribution < 1.29 is 28.5 Å². The molecule has 3 N–H and O–H groups in total. The lowest BCUT2D eigenvalue weighted by Crippen LogP contribution is -2.20. The van der Waals surface area contributed by atoms with Crippen LogP contribution in [-0.2, 0) is 16.0 Å². The third-order valence-electron chi connectivity index (χ3n) is 3.59. The smallest absolute Gasteiger partial charge is 0.255 e. The number of methoxy groups -OCH3 is 3. The van der Waals surface area contributed by atoms with Crippen molar-refractivity contribution in [2.24, 2.45) is 5.73 Å². The van der Waals surface area contributed by atoms with Crippen molar-refractivity contribution in [3.63, 3.8) is 0 Å². The molecule has 0 radical (unpaired) electrons. The topological polar surface area (TPSA) is 109 Å². The first-order valence-electron chi connectivity index (χ1n) is 8.06. The van der Waals surface area contributed by atoms with E-state index in [-0.39, 0.29) is 18.9 Å². The number of benzene rings is 2. The molecule has 0 aliphatic heterocycles. The van der Waals surface area contributed by atoms with Gasteiger partial charge in [0.1, 0.15) is 5.75 Å². The lowest BCUT2D eigenvalue weighted by Gasteiger charge is -2.14. The fourth-order valence-electron chi connectivity index (χ4n) is 2.45. The maximum absolute atomic E-state index is 12.4. The summed E-state index contributed by atoms with van der Waals surface area (Å²) < 4.78 is 21.1. The average molecular weight is 374 g/mol. The number of primary amides is 1. The summed E-state index contributed by atoms with van der Waals surface area (Å²) in [6.07, 6.45) is 0.100. The maximum atomic E-state index is 12.4. The van der Waals surface area contributed by atoms with Gasteiger partial charge in [0.25, 0.3) is 5.91 Å². The van der Waals surface area contributed by atoms with Crippen molar-refractivity contribution in [2.75, 3.05) is 33.3 Å². The maximum Gasteiger partial charge on any atom is 0.255 e. The first-order valence-corrected chi connectivity index (χ1v) is 8.06. The van der Waals surface area contributed by atoms with Gasteiger partial charge in [0.15, 0.2) is 18.1 Å². The zero-order valence-corrected chi connectivity index (χ0v) is 15.4. The molecule has 2 aromatic rings. The van der Waals surface area contributed by atoms with Gasteiger partial charge in [-0.2, -0.15) is 0 Å². The van der Waals surface area contributed by atoms with E-state index < -0.39 is 5.91 Å².